The van der Waals surface area contributed by atoms with E-state index < -0.39 is 0 Å². The molecule has 1 unspecified atom stereocenters. The van der Waals surface area contributed by atoms with E-state index >= 15 is 0 Å². The lowest BCUT2D eigenvalue weighted by Crippen LogP contribution is -2.24. The summed E-state index contributed by atoms with van der Waals surface area (Å²) in [5, 5.41) is 1.98. The van der Waals surface area contributed by atoms with Gasteiger partial charge in [0.1, 0.15) is 0 Å². The highest BCUT2D eigenvalue weighted by Gasteiger charge is 2.19. The maximum Gasteiger partial charge on any atom is 0.262 e. The number of aromatic nitrogens is 2. The van der Waals surface area contributed by atoms with Crippen LogP contribution in [0.3, 0.4) is 0 Å². The van der Waals surface area contributed by atoms with E-state index in [1.165, 1.54) is 0 Å². The van der Waals surface area contributed by atoms with Gasteiger partial charge >= 0.3 is 0 Å². The second kappa shape index (κ2) is 8.35. The molecule has 4 rings (SSSR count). The predicted molar refractivity (Wildman–Crippen MR) is 114 cm³/mol. The minimum absolute atomic E-state index is 0.0496. The van der Waals surface area contributed by atoms with Gasteiger partial charge in [0.25, 0.3) is 5.56 Å². The van der Waals surface area contributed by atoms with Gasteiger partial charge in [0.2, 0.25) is 0 Å². The minimum Gasteiger partial charge on any atom is -0.381 e. The Morgan fingerprint density at radius 3 is 2.93 bits per heavy atom. The van der Waals surface area contributed by atoms with Crippen molar-refractivity contribution in [1.29, 1.82) is 0 Å². The monoisotopic (exact) mass is 464 g/mol. The summed E-state index contributed by atoms with van der Waals surface area (Å²) in [6, 6.07) is 13.2. The molecule has 0 amide bonds. The Kier molecular flexibility index (Phi) is 5.88. The second-order valence-electron chi connectivity index (χ2n) is 6.58. The maximum atomic E-state index is 13.2. The Bertz CT molecular complexity index is 1030. The lowest BCUT2D eigenvalue weighted by Gasteiger charge is -2.15. The average molecular weight is 466 g/mol. The van der Waals surface area contributed by atoms with Gasteiger partial charge in [-0.1, -0.05) is 57.5 Å². The molecule has 0 N–H and O–H groups in total. The average Bonchev–Trinajstić information content (AvgIpc) is 3.18. The van der Waals surface area contributed by atoms with Crippen LogP contribution >= 0.6 is 39.3 Å². The van der Waals surface area contributed by atoms with Crippen LogP contribution in [0.5, 0.6) is 0 Å². The third-order valence-electron chi connectivity index (χ3n) is 4.64. The van der Waals surface area contributed by atoms with Gasteiger partial charge in [-0.15, -0.1) is 0 Å². The maximum absolute atomic E-state index is 13.2. The summed E-state index contributed by atoms with van der Waals surface area (Å²) in [6.07, 6.45) is 1.06. The first kappa shape index (κ1) is 19.0. The molecule has 2 aromatic carbocycles. The number of fused-ring (bicyclic) bond motifs is 1. The minimum atomic E-state index is -0.0496. The highest BCUT2D eigenvalue weighted by molar-refractivity contribution is 9.10. The molecule has 0 bridgehead atoms. The number of thioether (sulfide) groups is 1. The first-order chi connectivity index (χ1) is 13.1. The third kappa shape index (κ3) is 4.24. The van der Waals surface area contributed by atoms with E-state index in [0.29, 0.717) is 28.4 Å². The molecule has 1 fully saturated rings. The Labute approximate surface area is 175 Å². The summed E-state index contributed by atoms with van der Waals surface area (Å²) in [6.45, 7) is 2.00. The van der Waals surface area contributed by atoms with Gasteiger partial charge < -0.3 is 4.74 Å². The normalized spacial score (nSPS) is 16.9. The molecule has 1 aliphatic rings. The highest BCUT2D eigenvalue weighted by atomic mass is 79.9. The summed E-state index contributed by atoms with van der Waals surface area (Å²) in [7, 11) is 0. The van der Waals surface area contributed by atoms with Gasteiger partial charge in [-0.2, -0.15) is 0 Å². The number of halogens is 2. The number of hydrogen-bond acceptors (Lipinski definition) is 4. The molecule has 27 heavy (non-hydrogen) atoms. The van der Waals surface area contributed by atoms with Gasteiger partial charge in [0, 0.05) is 21.9 Å². The van der Waals surface area contributed by atoms with Gasteiger partial charge in [0.15, 0.2) is 5.16 Å². The molecule has 0 radical (unpaired) electrons. The van der Waals surface area contributed by atoms with Crippen LogP contribution in [0, 0.1) is 5.92 Å². The fourth-order valence-electron chi connectivity index (χ4n) is 3.13. The summed E-state index contributed by atoms with van der Waals surface area (Å²) in [4.78, 5) is 18.0. The Morgan fingerprint density at radius 2 is 2.15 bits per heavy atom. The van der Waals surface area contributed by atoms with Crippen molar-refractivity contribution in [2.75, 3.05) is 19.0 Å². The van der Waals surface area contributed by atoms with E-state index in [9.17, 15) is 4.79 Å². The number of benzene rings is 2. The zero-order valence-electron chi connectivity index (χ0n) is 14.5. The Balaban J connectivity index is 1.77. The van der Waals surface area contributed by atoms with Crippen molar-refractivity contribution in [3.8, 4) is 0 Å². The molecular formula is C20H18BrClN2O2S. The topological polar surface area (TPSA) is 44.1 Å². The predicted octanol–water partition coefficient (Wildman–Crippen LogP) is 4.99. The molecule has 1 aromatic heterocycles. The van der Waals surface area contributed by atoms with Crippen LogP contribution in [0.2, 0.25) is 5.02 Å². The fraction of sp³-hybridized carbons (Fsp3) is 0.300. The van der Waals surface area contributed by atoms with Gasteiger partial charge in [-0.25, -0.2) is 4.98 Å². The lowest BCUT2D eigenvalue weighted by atomic mass is 10.2. The lowest BCUT2D eigenvalue weighted by molar-refractivity contribution is 0.189. The van der Waals surface area contributed by atoms with Gasteiger partial charge in [0.05, 0.1) is 24.1 Å². The van der Waals surface area contributed by atoms with Crippen LogP contribution < -0.4 is 5.56 Å². The van der Waals surface area contributed by atoms with Crippen LogP contribution in [0.1, 0.15) is 12.0 Å². The highest BCUT2D eigenvalue weighted by Crippen LogP contribution is 2.26. The molecule has 1 saturated heterocycles. The van der Waals surface area contributed by atoms with Crippen molar-refractivity contribution in [2.24, 2.45) is 5.92 Å². The van der Waals surface area contributed by atoms with Gasteiger partial charge in [-0.05, 0) is 42.2 Å². The summed E-state index contributed by atoms with van der Waals surface area (Å²) < 4.78 is 8.06. The second-order valence-corrected chi connectivity index (χ2v) is 8.89. The standard InChI is InChI=1S/C20H18BrClN2O2S/c21-15-5-6-18-16(9-15)19(25)24(10-14-3-1-2-4-17(14)22)20(23-18)27-12-13-7-8-26-11-13/h1-6,9,13H,7-8,10-12H2. The smallest absolute Gasteiger partial charge is 0.262 e. The zero-order valence-corrected chi connectivity index (χ0v) is 17.7. The van der Waals surface area contributed by atoms with Crippen molar-refractivity contribution in [2.45, 2.75) is 18.1 Å². The van der Waals surface area contributed by atoms with E-state index in [0.717, 1.165) is 40.6 Å². The Hall–Kier alpha value is -1.34. The molecule has 1 aliphatic heterocycles. The van der Waals surface area contributed by atoms with E-state index in [2.05, 4.69) is 15.9 Å². The van der Waals surface area contributed by atoms with Crippen LogP contribution in [0.25, 0.3) is 10.9 Å². The molecule has 0 spiro atoms. The van der Waals surface area contributed by atoms with E-state index in [1.54, 1.807) is 16.3 Å². The first-order valence-corrected chi connectivity index (χ1v) is 10.9. The molecule has 7 heteroatoms. The van der Waals surface area contributed by atoms with E-state index in [-0.39, 0.29) is 5.56 Å². The van der Waals surface area contributed by atoms with Crippen molar-refractivity contribution in [3.05, 3.63) is 67.9 Å². The van der Waals surface area contributed by atoms with Crippen LogP contribution in [-0.2, 0) is 11.3 Å². The number of rotatable bonds is 5. The van der Waals surface area contributed by atoms with Gasteiger partial charge in [-0.3, -0.25) is 9.36 Å². The fourth-order valence-corrected chi connectivity index (χ4v) is 4.80. The molecule has 1 atom stereocenters. The molecule has 3 aromatic rings. The first-order valence-electron chi connectivity index (χ1n) is 8.76. The summed E-state index contributed by atoms with van der Waals surface area (Å²) >= 11 is 11.4. The summed E-state index contributed by atoms with van der Waals surface area (Å²) in [5.74, 6) is 1.39. The number of hydrogen-bond donors (Lipinski definition) is 0. The number of ether oxygens (including phenoxy) is 1. The van der Waals surface area contributed by atoms with E-state index in [1.807, 2.05) is 42.5 Å². The van der Waals surface area contributed by atoms with Crippen LogP contribution in [-0.4, -0.2) is 28.5 Å². The van der Waals surface area contributed by atoms with Crippen molar-refractivity contribution < 1.29 is 4.74 Å². The molecule has 2 heterocycles. The molecular weight excluding hydrogens is 448 g/mol. The molecule has 140 valence electrons. The largest absolute Gasteiger partial charge is 0.381 e. The van der Waals surface area contributed by atoms with Crippen LogP contribution in [0.4, 0.5) is 0 Å². The quantitative estimate of drug-likeness (QED) is 0.393. The summed E-state index contributed by atoms with van der Waals surface area (Å²) in [5.41, 5.74) is 1.57. The molecule has 0 saturated carbocycles. The van der Waals surface area contributed by atoms with Crippen molar-refractivity contribution >= 4 is 50.2 Å². The zero-order chi connectivity index (χ0) is 18.8. The van der Waals surface area contributed by atoms with Crippen molar-refractivity contribution in [1.82, 2.24) is 9.55 Å². The molecule has 0 aliphatic carbocycles. The van der Waals surface area contributed by atoms with Crippen molar-refractivity contribution in [3.63, 3.8) is 0 Å². The third-order valence-corrected chi connectivity index (χ3v) is 6.71. The SMILES string of the molecule is O=c1c2cc(Br)ccc2nc(SCC2CCOC2)n1Cc1ccccc1Cl. The molecule has 4 nitrogen and oxygen atoms in total. The Morgan fingerprint density at radius 1 is 1.30 bits per heavy atom. The number of nitrogens with zero attached hydrogens (tertiary/aromatic N) is 2. The van der Waals surface area contributed by atoms with Crippen LogP contribution in [0.15, 0.2) is 56.9 Å². The van der Waals surface area contributed by atoms with E-state index in [4.69, 9.17) is 21.3 Å².